The average molecular weight is 148 g/mol. The van der Waals surface area contributed by atoms with E-state index in [2.05, 4.69) is 0 Å². The summed E-state index contributed by atoms with van der Waals surface area (Å²) in [6.45, 7) is 0.473. The van der Waals surface area contributed by atoms with Gasteiger partial charge in [-0.25, -0.2) is 0 Å². The smallest absolute Gasteiger partial charge is 0.128 e. The van der Waals surface area contributed by atoms with E-state index in [4.69, 9.17) is 5.73 Å². The van der Waals surface area contributed by atoms with Crippen molar-refractivity contribution in [3.63, 3.8) is 0 Å². The van der Waals surface area contributed by atoms with E-state index in [0.717, 1.165) is 17.4 Å². The van der Waals surface area contributed by atoms with Crippen molar-refractivity contribution in [2.45, 2.75) is 6.54 Å². The van der Waals surface area contributed by atoms with Gasteiger partial charge in [0.2, 0.25) is 0 Å². The third-order valence-electron chi connectivity index (χ3n) is 1.52. The summed E-state index contributed by atoms with van der Waals surface area (Å²) in [5.41, 5.74) is 7.35. The Morgan fingerprint density at radius 2 is 2.09 bits per heavy atom. The summed E-state index contributed by atoms with van der Waals surface area (Å²) in [5.74, 6) is 0. The minimum absolute atomic E-state index is 0.473. The van der Waals surface area contributed by atoms with Gasteiger partial charge in [-0.3, -0.25) is 0 Å². The number of nitrogens with two attached hydrogens (primary N) is 1. The van der Waals surface area contributed by atoms with Crippen LogP contribution in [0.15, 0.2) is 24.3 Å². The van der Waals surface area contributed by atoms with Gasteiger partial charge in [-0.05, 0) is 11.1 Å². The van der Waals surface area contributed by atoms with E-state index >= 15 is 0 Å². The summed E-state index contributed by atoms with van der Waals surface area (Å²) in [5, 5.41) is 0. The average Bonchev–Trinajstić information content (AvgIpc) is 2.06. The van der Waals surface area contributed by atoms with Crippen LogP contribution in [0.4, 0.5) is 0 Å². The Kier molecular flexibility index (Phi) is 2.81. The highest BCUT2D eigenvalue weighted by molar-refractivity contribution is 5.68. The standard InChI is InChI=1S/C9H10NO/c10-7-9-4-2-1-3-8(9)5-6-11/h1-6H,7,10H2. The van der Waals surface area contributed by atoms with Crippen LogP contribution in [-0.2, 0) is 11.3 Å². The summed E-state index contributed by atoms with van der Waals surface area (Å²) in [4.78, 5) is 10.1. The van der Waals surface area contributed by atoms with E-state index in [1.165, 1.54) is 6.42 Å². The maximum atomic E-state index is 10.1. The SMILES string of the molecule is NCc1ccccc1[CH]C=O. The molecule has 0 spiro atoms. The third-order valence-corrected chi connectivity index (χ3v) is 1.52. The lowest BCUT2D eigenvalue weighted by Gasteiger charge is -2.01. The van der Waals surface area contributed by atoms with Crippen LogP contribution in [0, 0.1) is 6.42 Å². The zero-order valence-electron chi connectivity index (χ0n) is 6.16. The number of hydrogen-bond acceptors (Lipinski definition) is 2. The lowest BCUT2D eigenvalue weighted by atomic mass is 10.1. The van der Waals surface area contributed by atoms with E-state index in [9.17, 15) is 4.79 Å². The van der Waals surface area contributed by atoms with Gasteiger partial charge in [-0.15, -0.1) is 0 Å². The highest BCUT2D eigenvalue weighted by atomic mass is 16.1. The molecule has 0 unspecified atom stereocenters. The van der Waals surface area contributed by atoms with Crippen LogP contribution in [0.1, 0.15) is 11.1 Å². The fourth-order valence-electron chi connectivity index (χ4n) is 0.956. The van der Waals surface area contributed by atoms with Crippen LogP contribution in [0.25, 0.3) is 0 Å². The fourth-order valence-corrected chi connectivity index (χ4v) is 0.956. The zero-order valence-corrected chi connectivity index (χ0v) is 6.16. The van der Waals surface area contributed by atoms with Crippen LogP contribution in [-0.4, -0.2) is 6.29 Å². The Labute approximate surface area is 66.0 Å². The van der Waals surface area contributed by atoms with Crippen molar-refractivity contribution in [2.75, 3.05) is 0 Å². The molecule has 0 fully saturated rings. The Morgan fingerprint density at radius 1 is 1.36 bits per heavy atom. The number of carbonyl (C=O) groups is 1. The number of rotatable bonds is 3. The molecule has 1 rings (SSSR count). The molecule has 0 saturated carbocycles. The first-order valence-corrected chi connectivity index (χ1v) is 3.45. The Bertz CT molecular complexity index is 245. The molecule has 57 valence electrons. The third kappa shape index (κ3) is 1.88. The van der Waals surface area contributed by atoms with E-state index in [0.29, 0.717) is 6.54 Å². The predicted octanol–water partition coefficient (Wildman–Crippen LogP) is 0.897. The second-order valence-corrected chi connectivity index (χ2v) is 2.21. The summed E-state index contributed by atoms with van der Waals surface area (Å²) < 4.78 is 0. The Morgan fingerprint density at radius 3 is 2.73 bits per heavy atom. The van der Waals surface area contributed by atoms with Crippen molar-refractivity contribution >= 4 is 6.29 Å². The Hall–Kier alpha value is -1.15. The zero-order chi connectivity index (χ0) is 8.10. The quantitative estimate of drug-likeness (QED) is 0.647. The number of hydrogen-bond donors (Lipinski definition) is 1. The topological polar surface area (TPSA) is 43.1 Å². The van der Waals surface area contributed by atoms with Crippen molar-refractivity contribution in [2.24, 2.45) is 5.73 Å². The predicted molar refractivity (Wildman–Crippen MR) is 43.8 cm³/mol. The molecule has 0 aliphatic heterocycles. The molecule has 0 atom stereocenters. The highest BCUT2D eigenvalue weighted by Gasteiger charge is 1.97. The molecule has 0 aromatic heterocycles. The molecule has 1 aromatic carbocycles. The van der Waals surface area contributed by atoms with Crippen molar-refractivity contribution in [1.82, 2.24) is 0 Å². The molecule has 2 nitrogen and oxygen atoms in total. The maximum absolute atomic E-state index is 10.1. The molecule has 11 heavy (non-hydrogen) atoms. The number of benzene rings is 1. The second-order valence-electron chi connectivity index (χ2n) is 2.21. The second kappa shape index (κ2) is 3.88. The van der Waals surface area contributed by atoms with Gasteiger partial charge in [0.05, 0.1) is 6.42 Å². The molecule has 1 aromatic rings. The summed E-state index contributed by atoms with van der Waals surface area (Å²) >= 11 is 0. The van der Waals surface area contributed by atoms with E-state index < -0.39 is 0 Å². The minimum Gasteiger partial charge on any atom is -0.326 e. The molecular weight excluding hydrogens is 138 g/mol. The van der Waals surface area contributed by atoms with Gasteiger partial charge in [0, 0.05) is 6.54 Å². The highest BCUT2D eigenvalue weighted by Crippen LogP contribution is 2.08. The van der Waals surface area contributed by atoms with Gasteiger partial charge in [-0.1, -0.05) is 24.3 Å². The molecule has 0 amide bonds. The minimum atomic E-state index is 0.473. The van der Waals surface area contributed by atoms with Crippen molar-refractivity contribution in [3.8, 4) is 0 Å². The first kappa shape index (κ1) is 7.95. The summed E-state index contributed by atoms with van der Waals surface area (Å²) in [7, 11) is 0. The van der Waals surface area contributed by atoms with Gasteiger partial charge in [0.1, 0.15) is 6.29 Å². The first-order valence-electron chi connectivity index (χ1n) is 3.45. The van der Waals surface area contributed by atoms with Crippen molar-refractivity contribution in [1.29, 1.82) is 0 Å². The Balaban J connectivity index is 2.92. The molecule has 0 aliphatic rings. The molecular formula is C9H10NO. The number of aldehydes is 1. The molecule has 1 radical (unpaired) electrons. The molecule has 0 heterocycles. The monoisotopic (exact) mass is 148 g/mol. The van der Waals surface area contributed by atoms with E-state index in [1.54, 1.807) is 0 Å². The number of carbonyl (C=O) groups excluding carboxylic acids is 1. The van der Waals surface area contributed by atoms with Crippen LogP contribution < -0.4 is 5.73 Å². The lowest BCUT2D eigenvalue weighted by molar-refractivity contribution is -0.104. The molecule has 2 heteroatoms. The lowest BCUT2D eigenvalue weighted by Crippen LogP contribution is -2.00. The van der Waals surface area contributed by atoms with Gasteiger partial charge in [0.15, 0.2) is 0 Å². The van der Waals surface area contributed by atoms with Crippen LogP contribution in [0.5, 0.6) is 0 Å². The van der Waals surface area contributed by atoms with Gasteiger partial charge >= 0.3 is 0 Å². The van der Waals surface area contributed by atoms with Crippen LogP contribution >= 0.6 is 0 Å². The molecule has 2 N–H and O–H groups in total. The van der Waals surface area contributed by atoms with Gasteiger partial charge in [0.25, 0.3) is 0 Å². The largest absolute Gasteiger partial charge is 0.326 e. The molecule has 0 bridgehead atoms. The van der Waals surface area contributed by atoms with Crippen LogP contribution in [0.3, 0.4) is 0 Å². The molecule has 0 aliphatic carbocycles. The summed E-state index contributed by atoms with van der Waals surface area (Å²) in [6.07, 6.45) is 2.29. The summed E-state index contributed by atoms with van der Waals surface area (Å²) in [6, 6.07) is 7.57. The first-order chi connectivity index (χ1) is 5.38. The van der Waals surface area contributed by atoms with Crippen molar-refractivity contribution in [3.05, 3.63) is 41.8 Å². The van der Waals surface area contributed by atoms with Crippen LogP contribution in [0.2, 0.25) is 0 Å². The normalized spacial score (nSPS) is 9.55. The van der Waals surface area contributed by atoms with Crippen molar-refractivity contribution < 1.29 is 4.79 Å². The maximum Gasteiger partial charge on any atom is 0.128 e. The van der Waals surface area contributed by atoms with Gasteiger partial charge in [-0.2, -0.15) is 0 Å². The van der Waals surface area contributed by atoms with E-state index in [1.807, 2.05) is 24.3 Å². The van der Waals surface area contributed by atoms with E-state index in [-0.39, 0.29) is 0 Å². The molecule has 0 saturated heterocycles. The fraction of sp³-hybridized carbons (Fsp3) is 0.111. The van der Waals surface area contributed by atoms with Gasteiger partial charge < -0.3 is 10.5 Å².